The van der Waals surface area contributed by atoms with Gasteiger partial charge in [-0.1, -0.05) is 23.7 Å². The molecule has 0 atom stereocenters. The first kappa shape index (κ1) is 17.7. The van der Waals surface area contributed by atoms with Crippen LogP contribution >= 0.6 is 11.6 Å². The number of halogens is 1. The van der Waals surface area contributed by atoms with Gasteiger partial charge in [-0.3, -0.25) is 4.79 Å². The van der Waals surface area contributed by atoms with Gasteiger partial charge in [0, 0.05) is 28.7 Å². The van der Waals surface area contributed by atoms with Gasteiger partial charge in [-0.25, -0.2) is 9.97 Å². The molecule has 3 aromatic rings. The van der Waals surface area contributed by atoms with Gasteiger partial charge in [0.05, 0.1) is 7.11 Å². The lowest BCUT2D eigenvalue weighted by Crippen LogP contribution is -2.14. The number of amides is 1. The second-order valence-electron chi connectivity index (χ2n) is 5.54. The largest absolute Gasteiger partial charge is 0.497 e. The van der Waals surface area contributed by atoms with Crippen molar-refractivity contribution in [3.05, 3.63) is 71.0 Å². The standard InChI is InChI=1S/C19H17ClN4O2/c1-12-6-7-14(11-16(12)20)23-19-21-9-8-17(24-19)18(25)22-13-4-3-5-15(10-13)26-2/h3-11H,1-2H3,(H,22,25)(H,21,23,24). The molecule has 1 amide bonds. The molecule has 0 aliphatic carbocycles. The van der Waals surface area contributed by atoms with Gasteiger partial charge < -0.3 is 15.4 Å². The Kier molecular flexibility index (Phi) is 5.34. The Morgan fingerprint density at radius 2 is 1.96 bits per heavy atom. The van der Waals surface area contributed by atoms with Crippen molar-refractivity contribution in [3.8, 4) is 5.75 Å². The first-order valence-corrected chi connectivity index (χ1v) is 8.24. The number of ether oxygens (including phenoxy) is 1. The number of carbonyl (C=O) groups excluding carboxylic acids is 1. The molecule has 7 heteroatoms. The van der Waals surface area contributed by atoms with Crippen LogP contribution in [0.15, 0.2) is 54.7 Å². The van der Waals surface area contributed by atoms with Gasteiger partial charge in [-0.15, -0.1) is 0 Å². The number of hydrogen-bond acceptors (Lipinski definition) is 5. The maximum absolute atomic E-state index is 12.4. The Labute approximate surface area is 156 Å². The van der Waals surface area contributed by atoms with Crippen molar-refractivity contribution in [3.63, 3.8) is 0 Å². The molecule has 3 rings (SSSR count). The number of anilines is 3. The second kappa shape index (κ2) is 7.84. The molecule has 0 aliphatic rings. The molecule has 132 valence electrons. The summed E-state index contributed by atoms with van der Waals surface area (Å²) in [6, 6.07) is 14.2. The molecule has 0 spiro atoms. The van der Waals surface area contributed by atoms with Crippen molar-refractivity contribution in [1.82, 2.24) is 9.97 Å². The van der Waals surface area contributed by atoms with E-state index >= 15 is 0 Å². The monoisotopic (exact) mass is 368 g/mol. The fourth-order valence-corrected chi connectivity index (χ4v) is 2.42. The molecule has 0 saturated carbocycles. The van der Waals surface area contributed by atoms with Gasteiger partial charge >= 0.3 is 0 Å². The molecule has 26 heavy (non-hydrogen) atoms. The predicted octanol–water partition coefficient (Wildman–Crippen LogP) is 4.44. The number of nitrogens with zero attached hydrogens (tertiary/aromatic N) is 2. The van der Waals surface area contributed by atoms with Gasteiger partial charge in [0.2, 0.25) is 5.95 Å². The normalized spacial score (nSPS) is 10.3. The molecule has 0 fully saturated rings. The first-order chi connectivity index (χ1) is 12.5. The minimum atomic E-state index is -0.342. The highest BCUT2D eigenvalue weighted by Crippen LogP contribution is 2.22. The van der Waals surface area contributed by atoms with E-state index in [9.17, 15) is 4.79 Å². The molecule has 0 radical (unpaired) electrons. The molecule has 6 nitrogen and oxygen atoms in total. The van der Waals surface area contributed by atoms with Crippen LogP contribution in [0.4, 0.5) is 17.3 Å². The summed E-state index contributed by atoms with van der Waals surface area (Å²) in [6.45, 7) is 1.92. The van der Waals surface area contributed by atoms with Crippen LogP contribution in [0, 0.1) is 6.92 Å². The second-order valence-corrected chi connectivity index (χ2v) is 5.95. The lowest BCUT2D eigenvalue weighted by Gasteiger charge is -2.09. The van der Waals surface area contributed by atoms with Crippen LogP contribution in [0.3, 0.4) is 0 Å². The smallest absolute Gasteiger partial charge is 0.274 e. The Hall–Kier alpha value is -3.12. The van der Waals surface area contributed by atoms with E-state index in [0.717, 1.165) is 11.3 Å². The SMILES string of the molecule is COc1cccc(NC(=O)c2ccnc(Nc3ccc(C)c(Cl)c3)n2)c1. The molecule has 2 aromatic carbocycles. The molecule has 1 aromatic heterocycles. The van der Waals surface area contributed by atoms with E-state index in [2.05, 4.69) is 20.6 Å². The molecule has 0 saturated heterocycles. The summed E-state index contributed by atoms with van der Waals surface area (Å²) in [7, 11) is 1.57. The summed E-state index contributed by atoms with van der Waals surface area (Å²) in [5.74, 6) is 0.623. The summed E-state index contributed by atoms with van der Waals surface area (Å²) < 4.78 is 5.15. The zero-order valence-corrected chi connectivity index (χ0v) is 15.0. The highest BCUT2D eigenvalue weighted by Gasteiger charge is 2.10. The van der Waals surface area contributed by atoms with E-state index < -0.39 is 0 Å². The van der Waals surface area contributed by atoms with Crippen LogP contribution in [-0.2, 0) is 0 Å². The van der Waals surface area contributed by atoms with Crippen molar-refractivity contribution in [2.75, 3.05) is 17.7 Å². The van der Waals surface area contributed by atoms with Gasteiger partial charge in [0.25, 0.3) is 5.91 Å². The third-order valence-electron chi connectivity index (χ3n) is 3.64. The highest BCUT2D eigenvalue weighted by atomic mass is 35.5. The Morgan fingerprint density at radius 1 is 1.12 bits per heavy atom. The van der Waals surface area contributed by atoms with Crippen molar-refractivity contribution in [2.24, 2.45) is 0 Å². The van der Waals surface area contributed by atoms with Crippen LogP contribution in [0.2, 0.25) is 5.02 Å². The number of benzene rings is 2. The van der Waals surface area contributed by atoms with Crippen LogP contribution in [0.1, 0.15) is 16.1 Å². The van der Waals surface area contributed by atoms with Crippen LogP contribution < -0.4 is 15.4 Å². The molecule has 2 N–H and O–H groups in total. The molecular weight excluding hydrogens is 352 g/mol. The van der Waals surface area contributed by atoms with Gasteiger partial charge in [-0.05, 0) is 42.8 Å². The summed E-state index contributed by atoms with van der Waals surface area (Å²) in [4.78, 5) is 20.8. The quantitative estimate of drug-likeness (QED) is 0.696. The van der Waals surface area contributed by atoms with Gasteiger partial charge in [0.15, 0.2) is 0 Å². The molecule has 0 aliphatic heterocycles. The highest BCUT2D eigenvalue weighted by molar-refractivity contribution is 6.31. The van der Waals surface area contributed by atoms with Crippen molar-refractivity contribution in [2.45, 2.75) is 6.92 Å². The first-order valence-electron chi connectivity index (χ1n) is 7.87. The number of aromatic nitrogens is 2. The summed E-state index contributed by atoms with van der Waals surface area (Å²) in [6.07, 6.45) is 1.52. The fourth-order valence-electron chi connectivity index (χ4n) is 2.24. The number of nitrogens with one attached hydrogen (secondary N) is 2. The molecule has 0 unspecified atom stereocenters. The van der Waals surface area contributed by atoms with Crippen LogP contribution in [-0.4, -0.2) is 23.0 Å². The van der Waals surface area contributed by atoms with Crippen molar-refractivity contribution < 1.29 is 9.53 Å². The Bertz CT molecular complexity index is 946. The zero-order valence-electron chi connectivity index (χ0n) is 14.3. The van der Waals surface area contributed by atoms with E-state index in [1.165, 1.54) is 6.20 Å². The topological polar surface area (TPSA) is 76.1 Å². The summed E-state index contributed by atoms with van der Waals surface area (Å²) >= 11 is 6.12. The average Bonchev–Trinajstić information content (AvgIpc) is 2.65. The van der Waals surface area contributed by atoms with E-state index in [1.54, 1.807) is 43.5 Å². The van der Waals surface area contributed by atoms with Crippen LogP contribution in [0.25, 0.3) is 0 Å². The van der Waals surface area contributed by atoms with E-state index in [-0.39, 0.29) is 11.6 Å². The van der Waals surface area contributed by atoms with Crippen molar-refractivity contribution in [1.29, 1.82) is 0 Å². The van der Waals surface area contributed by atoms with Gasteiger partial charge in [0.1, 0.15) is 11.4 Å². The lowest BCUT2D eigenvalue weighted by atomic mass is 10.2. The Morgan fingerprint density at radius 3 is 2.73 bits per heavy atom. The van der Waals surface area contributed by atoms with Crippen molar-refractivity contribution >= 4 is 34.8 Å². The van der Waals surface area contributed by atoms with Crippen LogP contribution in [0.5, 0.6) is 5.75 Å². The van der Waals surface area contributed by atoms with E-state index in [0.29, 0.717) is 22.4 Å². The maximum Gasteiger partial charge on any atom is 0.274 e. The predicted molar refractivity (Wildman–Crippen MR) is 102 cm³/mol. The summed E-state index contributed by atoms with van der Waals surface area (Å²) in [5.41, 5.74) is 2.58. The Balaban J connectivity index is 1.75. The molecule has 0 bridgehead atoms. The number of aryl methyl sites for hydroxylation is 1. The molecule has 1 heterocycles. The fraction of sp³-hybridized carbons (Fsp3) is 0.105. The summed E-state index contributed by atoms with van der Waals surface area (Å²) in [5, 5.41) is 6.47. The minimum Gasteiger partial charge on any atom is -0.497 e. The number of rotatable bonds is 5. The van der Waals surface area contributed by atoms with E-state index in [4.69, 9.17) is 16.3 Å². The zero-order chi connectivity index (χ0) is 18.5. The maximum atomic E-state index is 12.4. The third kappa shape index (κ3) is 4.29. The molecular formula is C19H17ClN4O2. The lowest BCUT2D eigenvalue weighted by molar-refractivity contribution is 0.102. The number of carbonyl (C=O) groups is 1. The van der Waals surface area contributed by atoms with Gasteiger partial charge in [-0.2, -0.15) is 0 Å². The number of hydrogen-bond donors (Lipinski definition) is 2. The number of methoxy groups -OCH3 is 1. The van der Waals surface area contributed by atoms with E-state index in [1.807, 2.05) is 19.1 Å². The average molecular weight is 369 g/mol. The minimum absolute atomic E-state index is 0.239. The third-order valence-corrected chi connectivity index (χ3v) is 4.05.